The molecule has 10 heteroatoms. The number of thiophene rings is 1. The highest BCUT2D eigenvalue weighted by Gasteiger charge is 2.15. The summed E-state index contributed by atoms with van der Waals surface area (Å²) in [6.45, 7) is 1.53. The molecule has 0 fully saturated rings. The monoisotopic (exact) mass is 433 g/mol. The maximum atomic E-state index is 13.5. The highest BCUT2D eigenvalue weighted by Crippen LogP contribution is 2.33. The summed E-state index contributed by atoms with van der Waals surface area (Å²) in [4.78, 5) is 22.9. The number of aromatic carboxylic acids is 1. The fourth-order valence-corrected chi connectivity index (χ4v) is 3.52. The number of halogens is 2. The number of carboxylic acid groups (broad SMARTS) is 1. The fraction of sp³-hybridized carbons (Fsp3) is 0.250. The van der Waals surface area contributed by atoms with Gasteiger partial charge in [0.15, 0.2) is 11.6 Å². The van der Waals surface area contributed by atoms with E-state index in [4.69, 9.17) is 0 Å². The van der Waals surface area contributed by atoms with Crippen molar-refractivity contribution >= 4 is 34.8 Å². The summed E-state index contributed by atoms with van der Waals surface area (Å²) in [5.41, 5.74) is 0.970. The topological polar surface area (TPSA) is 90.4 Å². The quantitative estimate of drug-likeness (QED) is 0.434. The first kappa shape index (κ1) is 21.6. The van der Waals surface area contributed by atoms with Crippen LogP contribution in [0.5, 0.6) is 0 Å². The van der Waals surface area contributed by atoms with Crippen molar-refractivity contribution < 1.29 is 18.7 Å². The molecule has 30 heavy (non-hydrogen) atoms. The fourth-order valence-electron chi connectivity index (χ4n) is 2.66. The molecule has 7 nitrogen and oxygen atoms in total. The average molecular weight is 433 g/mol. The van der Waals surface area contributed by atoms with E-state index in [1.807, 2.05) is 14.1 Å². The van der Waals surface area contributed by atoms with E-state index in [1.165, 1.54) is 12.1 Å². The van der Waals surface area contributed by atoms with E-state index < -0.39 is 17.6 Å². The van der Waals surface area contributed by atoms with Crippen LogP contribution in [0.15, 0.2) is 36.5 Å². The summed E-state index contributed by atoms with van der Waals surface area (Å²) >= 11 is 1.13. The zero-order valence-corrected chi connectivity index (χ0v) is 17.3. The molecule has 2 heterocycles. The lowest BCUT2D eigenvalue weighted by Gasteiger charge is -2.14. The number of carboxylic acids is 1. The van der Waals surface area contributed by atoms with Crippen molar-refractivity contribution in [1.82, 2.24) is 14.9 Å². The molecule has 3 rings (SSSR count). The third kappa shape index (κ3) is 5.49. The van der Waals surface area contributed by atoms with Crippen molar-refractivity contribution in [2.45, 2.75) is 6.42 Å². The average Bonchev–Trinajstić information content (AvgIpc) is 3.18. The summed E-state index contributed by atoms with van der Waals surface area (Å²) in [5, 5.41) is 15.3. The summed E-state index contributed by atoms with van der Waals surface area (Å²) in [6, 6.07) is 6.67. The van der Waals surface area contributed by atoms with Gasteiger partial charge < -0.3 is 20.6 Å². The van der Waals surface area contributed by atoms with E-state index in [-0.39, 0.29) is 10.8 Å². The Bertz CT molecular complexity index is 1040. The van der Waals surface area contributed by atoms with Crippen molar-refractivity contribution in [2.75, 3.05) is 37.8 Å². The van der Waals surface area contributed by atoms with Crippen molar-refractivity contribution in [3.05, 3.63) is 53.0 Å². The van der Waals surface area contributed by atoms with Crippen LogP contribution in [0.2, 0.25) is 0 Å². The number of hydrogen-bond donors (Lipinski definition) is 3. The van der Waals surface area contributed by atoms with E-state index in [0.29, 0.717) is 28.5 Å². The Kier molecular flexibility index (Phi) is 6.91. The van der Waals surface area contributed by atoms with Gasteiger partial charge in [-0.2, -0.15) is 4.98 Å². The Balaban J connectivity index is 1.87. The van der Waals surface area contributed by atoms with Crippen LogP contribution in [0.3, 0.4) is 0 Å². The smallest absolute Gasteiger partial charge is 0.345 e. The molecule has 0 unspecified atom stereocenters. The van der Waals surface area contributed by atoms with E-state index in [0.717, 1.165) is 36.4 Å². The van der Waals surface area contributed by atoms with Gasteiger partial charge in [-0.25, -0.2) is 18.6 Å². The standard InChI is InChI=1S/C20H21F2N5O2S/c1-27(2)9-3-8-23-18-13(16-6-7-17(30-16)19(28)29)11-24-20(26-18)25-12-4-5-14(21)15(22)10-12/h4-7,10-11H,3,8-9H2,1-2H3,(H,28,29)(H2,23,24,25,26). The zero-order valence-electron chi connectivity index (χ0n) is 16.4. The van der Waals surface area contributed by atoms with Crippen LogP contribution in [-0.4, -0.2) is 53.1 Å². The minimum atomic E-state index is -0.996. The maximum absolute atomic E-state index is 13.5. The highest BCUT2D eigenvalue weighted by atomic mass is 32.1. The van der Waals surface area contributed by atoms with Gasteiger partial charge in [0.1, 0.15) is 10.7 Å². The second kappa shape index (κ2) is 9.59. The molecule has 0 aliphatic heterocycles. The number of rotatable bonds is 9. The van der Waals surface area contributed by atoms with Crippen LogP contribution in [0.1, 0.15) is 16.1 Å². The van der Waals surface area contributed by atoms with E-state index >= 15 is 0 Å². The van der Waals surface area contributed by atoms with Crippen LogP contribution < -0.4 is 10.6 Å². The van der Waals surface area contributed by atoms with Gasteiger partial charge in [0.25, 0.3) is 0 Å². The second-order valence-electron chi connectivity index (χ2n) is 6.76. The Morgan fingerprint density at radius 1 is 1.20 bits per heavy atom. The molecule has 0 spiro atoms. The number of nitrogens with one attached hydrogen (secondary N) is 2. The van der Waals surface area contributed by atoms with Crippen LogP contribution in [-0.2, 0) is 0 Å². The number of benzene rings is 1. The summed E-state index contributed by atoms with van der Waals surface area (Å²) < 4.78 is 26.6. The molecule has 0 bridgehead atoms. The molecule has 2 aromatic heterocycles. The Hall–Kier alpha value is -3.11. The number of anilines is 3. The first-order valence-electron chi connectivity index (χ1n) is 9.14. The van der Waals surface area contributed by atoms with Crippen LogP contribution in [0.25, 0.3) is 10.4 Å². The van der Waals surface area contributed by atoms with Gasteiger partial charge >= 0.3 is 5.97 Å². The summed E-state index contributed by atoms with van der Waals surface area (Å²) in [7, 11) is 3.97. The number of nitrogens with zero attached hydrogens (tertiary/aromatic N) is 3. The van der Waals surface area contributed by atoms with E-state index in [9.17, 15) is 18.7 Å². The van der Waals surface area contributed by atoms with Gasteiger partial charge in [0.2, 0.25) is 5.95 Å². The van der Waals surface area contributed by atoms with Crippen molar-refractivity contribution in [2.24, 2.45) is 0 Å². The van der Waals surface area contributed by atoms with Crippen molar-refractivity contribution in [1.29, 1.82) is 0 Å². The SMILES string of the molecule is CN(C)CCCNc1nc(Nc2ccc(F)c(F)c2)ncc1-c1ccc(C(=O)O)s1. The first-order chi connectivity index (χ1) is 14.3. The normalized spacial score (nSPS) is 11.0. The predicted octanol–water partition coefficient (Wildman–Crippen LogP) is 4.29. The largest absolute Gasteiger partial charge is 0.477 e. The van der Waals surface area contributed by atoms with Gasteiger partial charge in [-0.05, 0) is 51.3 Å². The lowest BCUT2D eigenvalue weighted by Crippen LogP contribution is -2.17. The molecule has 0 atom stereocenters. The zero-order chi connectivity index (χ0) is 21.7. The second-order valence-corrected chi connectivity index (χ2v) is 7.85. The molecule has 3 N–H and O–H groups in total. The van der Waals surface area contributed by atoms with Gasteiger partial charge in [0.05, 0.1) is 5.56 Å². The highest BCUT2D eigenvalue weighted by molar-refractivity contribution is 7.17. The number of carbonyl (C=O) groups is 1. The van der Waals surface area contributed by atoms with Gasteiger partial charge in [0, 0.05) is 29.4 Å². The third-order valence-corrected chi connectivity index (χ3v) is 5.23. The predicted molar refractivity (Wildman–Crippen MR) is 114 cm³/mol. The molecule has 0 amide bonds. The third-order valence-electron chi connectivity index (χ3n) is 4.12. The lowest BCUT2D eigenvalue weighted by molar-refractivity contribution is 0.0702. The van der Waals surface area contributed by atoms with Crippen molar-refractivity contribution in [3.63, 3.8) is 0 Å². The van der Waals surface area contributed by atoms with Crippen LogP contribution in [0, 0.1) is 11.6 Å². The molecule has 1 aromatic carbocycles. The lowest BCUT2D eigenvalue weighted by atomic mass is 10.2. The molecule has 0 aliphatic carbocycles. The minimum Gasteiger partial charge on any atom is -0.477 e. The molecule has 0 saturated heterocycles. The molecular formula is C20H21F2N5O2S. The van der Waals surface area contributed by atoms with Crippen LogP contribution in [0.4, 0.5) is 26.2 Å². The molecule has 3 aromatic rings. The van der Waals surface area contributed by atoms with Crippen molar-refractivity contribution in [3.8, 4) is 10.4 Å². The summed E-state index contributed by atoms with van der Waals surface area (Å²) in [6.07, 6.45) is 2.44. The van der Waals surface area contributed by atoms with Gasteiger partial charge in [-0.1, -0.05) is 0 Å². The summed E-state index contributed by atoms with van der Waals surface area (Å²) in [5.74, 6) is -2.18. The maximum Gasteiger partial charge on any atom is 0.345 e. The molecule has 0 radical (unpaired) electrons. The van der Waals surface area contributed by atoms with E-state index in [1.54, 1.807) is 12.3 Å². The number of hydrogen-bond acceptors (Lipinski definition) is 7. The Morgan fingerprint density at radius 3 is 2.67 bits per heavy atom. The molecule has 0 aliphatic rings. The first-order valence-corrected chi connectivity index (χ1v) is 9.96. The van der Waals surface area contributed by atoms with Gasteiger partial charge in [-0.15, -0.1) is 11.3 Å². The van der Waals surface area contributed by atoms with E-state index in [2.05, 4.69) is 25.5 Å². The molecule has 158 valence electrons. The minimum absolute atomic E-state index is 0.204. The molecule has 0 saturated carbocycles. The Morgan fingerprint density at radius 2 is 2.00 bits per heavy atom. The number of aromatic nitrogens is 2. The Labute approximate surface area is 176 Å². The van der Waals surface area contributed by atoms with Gasteiger partial charge in [-0.3, -0.25) is 0 Å². The molecular weight excluding hydrogens is 412 g/mol. The van der Waals surface area contributed by atoms with Crippen LogP contribution >= 0.6 is 11.3 Å².